The van der Waals surface area contributed by atoms with Crippen molar-refractivity contribution in [2.75, 3.05) is 28.6 Å². The number of benzene rings is 2. The Morgan fingerprint density at radius 3 is 2.59 bits per heavy atom. The fraction of sp³-hybridized carbons (Fsp3) is 0.273. The summed E-state index contributed by atoms with van der Waals surface area (Å²) in [4.78, 5) is 26.5. The minimum Gasteiger partial charge on any atom is -0.490 e. The van der Waals surface area contributed by atoms with Gasteiger partial charge in [0.1, 0.15) is 18.2 Å². The van der Waals surface area contributed by atoms with E-state index in [1.165, 1.54) is 13.3 Å². The van der Waals surface area contributed by atoms with E-state index in [1.807, 2.05) is 30.3 Å². The van der Waals surface area contributed by atoms with E-state index in [0.29, 0.717) is 33.4 Å². The summed E-state index contributed by atoms with van der Waals surface area (Å²) in [5, 5.41) is 6.91. The van der Waals surface area contributed by atoms with Crippen molar-refractivity contribution in [3.63, 3.8) is 0 Å². The molecule has 0 aliphatic carbocycles. The van der Waals surface area contributed by atoms with Crippen LogP contribution in [-0.2, 0) is 4.79 Å². The predicted molar refractivity (Wildman–Crippen MR) is 126 cm³/mol. The van der Waals surface area contributed by atoms with Crippen molar-refractivity contribution >= 4 is 52.4 Å². The highest BCUT2D eigenvalue weighted by Gasteiger charge is 2.23. The molecule has 2 heterocycles. The fourth-order valence-electron chi connectivity index (χ4n) is 3.42. The molecule has 2 N–H and O–H groups in total. The fourth-order valence-corrected chi connectivity index (χ4v) is 3.71. The van der Waals surface area contributed by atoms with Crippen molar-refractivity contribution in [3.8, 4) is 5.75 Å². The van der Waals surface area contributed by atoms with E-state index in [1.54, 1.807) is 12.1 Å². The lowest BCUT2D eigenvalue weighted by Gasteiger charge is -2.32. The second-order valence-corrected chi connectivity index (χ2v) is 8.19. The highest BCUT2D eigenvalue weighted by atomic mass is 35.5. The highest BCUT2D eigenvalue weighted by molar-refractivity contribution is 6.42. The van der Waals surface area contributed by atoms with Crippen molar-refractivity contribution in [2.45, 2.75) is 25.9 Å². The molecular formula is C22H22Cl2N6O2. The van der Waals surface area contributed by atoms with Crippen LogP contribution in [0.2, 0.25) is 10.0 Å². The van der Waals surface area contributed by atoms with Crippen molar-refractivity contribution < 1.29 is 9.53 Å². The van der Waals surface area contributed by atoms with Crippen molar-refractivity contribution in [1.29, 1.82) is 0 Å². The molecule has 1 aliphatic rings. The molecule has 0 atom stereocenters. The van der Waals surface area contributed by atoms with Crippen LogP contribution in [0, 0.1) is 0 Å². The molecule has 1 aromatic heterocycles. The lowest BCUT2D eigenvalue weighted by molar-refractivity contribution is -0.114. The maximum Gasteiger partial charge on any atom is 0.231 e. The molecule has 0 spiro atoms. The number of halogens is 2. The highest BCUT2D eigenvalue weighted by Crippen LogP contribution is 2.28. The molecular weight excluding hydrogens is 451 g/mol. The molecule has 1 fully saturated rings. The summed E-state index contributed by atoms with van der Waals surface area (Å²) in [5.74, 6) is 1.62. The van der Waals surface area contributed by atoms with Gasteiger partial charge in [0.2, 0.25) is 17.8 Å². The van der Waals surface area contributed by atoms with E-state index in [-0.39, 0.29) is 12.0 Å². The number of anilines is 4. The third kappa shape index (κ3) is 5.77. The molecule has 8 nitrogen and oxygen atoms in total. The van der Waals surface area contributed by atoms with Gasteiger partial charge in [-0.3, -0.25) is 4.79 Å². The first kappa shape index (κ1) is 22.1. The summed E-state index contributed by atoms with van der Waals surface area (Å²) in [6, 6.07) is 12.6. The first-order chi connectivity index (χ1) is 15.5. The monoisotopic (exact) mass is 472 g/mol. The quantitative estimate of drug-likeness (QED) is 0.525. The molecule has 1 saturated heterocycles. The summed E-state index contributed by atoms with van der Waals surface area (Å²) in [6.07, 6.45) is 3.22. The van der Waals surface area contributed by atoms with Gasteiger partial charge in [-0.1, -0.05) is 29.3 Å². The van der Waals surface area contributed by atoms with Gasteiger partial charge < -0.3 is 20.3 Å². The number of carbonyl (C=O) groups is 1. The van der Waals surface area contributed by atoms with Gasteiger partial charge in [-0.05, 0) is 30.3 Å². The van der Waals surface area contributed by atoms with Gasteiger partial charge in [-0.2, -0.15) is 4.98 Å². The standard InChI is InChI=1S/C22H22Cl2N6O2/c1-14(31)27-15-3-2-4-16(11-15)28-21-25-13-26-22(29-21)30-9-7-17(8-10-30)32-18-5-6-19(23)20(24)12-18/h2-6,11-13,17H,7-10H2,1H3,(H,27,31)(H,25,26,28,29). The lowest BCUT2D eigenvalue weighted by Crippen LogP contribution is -2.39. The topological polar surface area (TPSA) is 92.3 Å². The minimum atomic E-state index is -0.129. The molecule has 0 unspecified atom stereocenters. The summed E-state index contributed by atoms with van der Waals surface area (Å²) in [7, 11) is 0. The van der Waals surface area contributed by atoms with Gasteiger partial charge in [0.25, 0.3) is 0 Å². The van der Waals surface area contributed by atoms with E-state index < -0.39 is 0 Å². The number of nitrogens with one attached hydrogen (secondary N) is 2. The van der Waals surface area contributed by atoms with Gasteiger partial charge in [-0.15, -0.1) is 0 Å². The van der Waals surface area contributed by atoms with E-state index in [2.05, 4.69) is 30.5 Å². The average molecular weight is 473 g/mol. The number of rotatable bonds is 6. The van der Waals surface area contributed by atoms with Crippen molar-refractivity contribution in [2.24, 2.45) is 0 Å². The minimum absolute atomic E-state index is 0.0828. The Bertz CT molecular complexity index is 1110. The Morgan fingerprint density at radius 2 is 1.84 bits per heavy atom. The van der Waals surface area contributed by atoms with Gasteiger partial charge in [0, 0.05) is 50.3 Å². The van der Waals surface area contributed by atoms with Gasteiger partial charge >= 0.3 is 0 Å². The third-order valence-corrected chi connectivity index (χ3v) is 5.66. The summed E-state index contributed by atoms with van der Waals surface area (Å²) >= 11 is 12.0. The second-order valence-electron chi connectivity index (χ2n) is 7.38. The number of ether oxygens (including phenoxy) is 1. The zero-order valence-electron chi connectivity index (χ0n) is 17.4. The number of aromatic nitrogens is 3. The zero-order chi connectivity index (χ0) is 22.5. The van der Waals surface area contributed by atoms with Crippen LogP contribution in [0.1, 0.15) is 19.8 Å². The Balaban J connectivity index is 1.36. The molecule has 1 amide bonds. The van der Waals surface area contributed by atoms with Crippen LogP contribution in [0.3, 0.4) is 0 Å². The van der Waals surface area contributed by atoms with E-state index in [9.17, 15) is 4.79 Å². The smallest absolute Gasteiger partial charge is 0.231 e. The third-order valence-electron chi connectivity index (χ3n) is 4.92. The molecule has 2 aromatic carbocycles. The summed E-state index contributed by atoms with van der Waals surface area (Å²) < 4.78 is 6.05. The van der Waals surface area contributed by atoms with Gasteiger partial charge in [-0.25, -0.2) is 9.97 Å². The van der Waals surface area contributed by atoms with Crippen LogP contribution in [-0.4, -0.2) is 40.1 Å². The van der Waals surface area contributed by atoms with E-state index in [0.717, 1.165) is 31.6 Å². The summed E-state index contributed by atoms with van der Waals surface area (Å²) in [5.41, 5.74) is 1.46. The summed E-state index contributed by atoms with van der Waals surface area (Å²) in [6.45, 7) is 2.98. The second kappa shape index (κ2) is 10.0. The SMILES string of the molecule is CC(=O)Nc1cccc(Nc2ncnc(N3CCC(Oc4ccc(Cl)c(Cl)c4)CC3)n2)c1. The van der Waals surface area contributed by atoms with Crippen LogP contribution in [0.4, 0.5) is 23.3 Å². The normalized spacial score (nSPS) is 14.2. The Hall–Kier alpha value is -3.10. The largest absolute Gasteiger partial charge is 0.490 e. The molecule has 32 heavy (non-hydrogen) atoms. The maximum atomic E-state index is 11.3. The Kier molecular flexibility index (Phi) is 6.92. The molecule has 1 aliphatic heterocycles. The number of hydrogen-bond donors (Lipinski definition) is 2. The van der Waals surface area contributed by atoms with Gasteiger partial charge in [0.15, 0.2) is 0 Å². The van der Waals surface area contributed by atoms with E-state index >= 15 is 0 Å². The first-order valence-corrected chi connectivity index (χ1v) is 10.9. The van der Waals surface area contributed by atoms with Crippen LogP contribution in [0.5, 0.6) is 5.75 Å². The Labute approximate surface area is 195 Å². The molecule has 0 saturated carbocycles. The number of amides is 1. The van der Waals surface area contributed by atoms with Crippen molar-refractivity contribution in [1.82, 2.24) is 15.0 Å². The first-order valence-electron chi connectivity index (χ1n) is 10.2. The maximum absolute atomic E-state index is 11.3. The van der Waals surface area contributed by atoms with Crippen molar-refractivity contribution in [3.05, 3.63) is 58.8 Å². The van der Waals surface area contributed by atoms with Crippen LogP contribution >= 0.6 is 23.2 Å². The molecule has 10 heteroatoms. The average Bonchev–Trinajstić information content (AvgIpc) is 2.77. The van der Waals surface area contributed by atoms with Crippen LogP contribution < -0.4 is 20.3 Å². The molecule has 166 valence electrons. The van der Waals surface area contributed by atoms with Gasteiger partial charge in [0.05, 0.1) is 10.0 Å². The van der Waals surface area contributed by atoms with Crippen LogP contribution in [0.25, 0.3) is 0 Å². The number of carbonyl (C=O) groups excluding carboxylic acids is 1. The zero-order valence-corrected chi connectivity index (χ0v) is 18.9. The lowest BCUT2D eigenvalue weighted by atomic mass is 10.1. The van der Waals surface area contributed by atoms with Crippen LogP contribution in [0.15, 0.2) is 48.8 Å². The number of hydrogen-bond acceptors (Lipinski definition) is 7. The predicted octanol–water partition coefficient (Wildman–Crippen LogP) is 4.93. The Morgan fingerprint density at radius 1 is 1.06 bits per heavy atom. The number of piperidine rings is 1. The molecule has 3 aromatic rings. The molecule has 4 rings (SSSR count). The number of nitrogens with zero attached hydrogens (tertiary/aromatic N) is 4. The molecule has 0 bridgehead atoms. The molecule has 0 radical (unpaired) electrons. The van der Waals surface area contributed by atoms with E-state index in [4.69, 9.17) is 27.9 Å².